The van der Waals surface area contributed by atoms with Crippen molar-refractivity contribution in [1.29, 1.82) is 0 Å². The summed E-state index contributed by atoms with van der Waals surface area (Å²) < 4.78 is 18.2. The number of methoxy groups -OCH3 is 1. The van der Waals surface area contributed by atoms with Crippen LogP contribution in [0.4, 0.5) is 0 Å². The van der Waals surface area contributed by atoms with E-state index in [0.717, 1.165) is 26.2 Å². The fourth-order valence-electron chi connectivity index (χ4n) is 4.03. The highest BCUT2D eigenvalue weighted by Crippen LogP contribution is 2.54. The molecule has 5 heteroatoms. The Kier molecular flexibility index (Phi) is 9.59. The van der Waals surface area contributed by atoms with E-state index >= 15 is 0 Å². The van der Waals surface area contributed by atoms with Crippen molar-refractivity contribution in [3.05, 3.63) is 0 Å². The minimum atomic E-state index is -1.82. The van der Waals surface area contributed by atoms with Gasteiger partial charge < -0.3 is 13.6 Å². The molecule has 0 aliphatic carbocycles. The van der Waals surface area contributed by atoms with Crippen LogP contribution >= 0.6 is 0 Å². The summed E-state index contributed by atoms with van der Waals surface area (Å²) in [5, 5.41) is 0. The van der Waals surface area contributed by atoms with E-state index in [4.69, 9.17) is 13.6 Å². The third kappa shape index (κ3) is 5.17. The molecule has 0 heterocycles. The van der Waals surface area contributed by atoms with Crippen LogP contribution in [0, 0.1) is 0 Å². The van der Waals surface area contributed by atoms with Gasteiger partial charge in [0.05, 0.1) is 0 Å². The third-order valence-electron chi connectivity index (χ3n) is 5.12. The van der Waals surface area contributed by atoms with Crippen LogP contribution in [-0.2, 0) is 13.6 Å². The highest BCUT2D eigenvalue weighted by molar-refractivity contribution is 6.94. The largest absolute Gasteiger partial charge is 0.417 e. The van der Waals surface area contributed by atoms with Gasteiger partial charge in [-0.05, 0) is 52.9 Å². The van der Waals surface area contributed by atoms with Gasteiger partial charge in [-0.1, -0.05) is 19.8 Å². The standard InChI is InChI=1S/C16H38O3Si2/c1-9-16(14-12-13-15-17-4,20(5,6)18-10-2)21(7,8)19-11-3/h9-15H2,1-8H3. The topological polar surface area (TPSA) is 27.7 Å². The third-order valence-corrected chi connectivity index (χ3v) is 16.6. The van der Waals surface area contributed by atoms with Crippen LogP contribution in [0.1, 0.15) is 46.5 Å². The summed E-state index contributed by atoms with van der Waals surface area (Å²) in [6.07, 6.45) is 4.71. The summed E-state index contributed by atoms with van der Waals surface area (Å²) in [5.74, 6) is 0. The molecule has 0 saturated heterocycles. The van der Waals surface area contributed by atoms with E-state index in [1.165, 1.54) is 19.3 Å². The molecule has 0 aliphatic heterocycles. The van der Waals surface area contributed by atoms with Crippen molar-refractivity contribution >= 4 is 16.6 Å². The molecule has 0 aliphatic rings. The van der Waals surface area contributed by atoms with E-state index < -0.39 is 16.6 Å². The van der Waals surface area contributed by atoms with E-state index in [9.17, 15) is 0 Å². The smallest absolute Gasteiger partial charge is 0.192 e. The number of ether oxygens (including phenoxy) is 1. The quantitative estimate of drug-likeness (QED) is 0.372. The van der Waals surface area contributed by atoms with Crippen LogP contribution in [0.25, 0.3) is 0 Å². The van der Waals surface area contributed by atoms with Crippen molar-refractivity contribution < 1.29 is 13.6 Å². The zero-order chi connectivity index (χ0) is 16.6. The highest BCUT2D eigenvalue weighted by atomic mass is 28.4. The van der Waals surface area contributed by atoms with Crippen LogP contribution in [0.15, 0.2) is 0 Å². The predicted molar refractivity (Wildman–Crippen MR) is 96.9 cm³/mol. The molecule has 0 radical (unpaired) electrons. The van der Waals surface area contributed by atoms with Crippen LogP contribution in [-0.4, -0.2) is 43.6 Å². The molecule has 3 nitrogen and oxygen atoms in total. The van der Waals surface area contributed by atoms with Gasteiger partial charge >= 0.3 is 0 Å². The average molecular weight is 335 g/mol. The lowest BCUT2D eigenvalue weighted by Crippen LogP contribution is -2.60. The number of hydrogen-bond acceptors (Lipinski definition) is 3. The van der Waals surface area contributed by atoms with Crippen molar-refractivity contribution in [1.82, 2.24) is 0 Å². The fourth-order valence-corrected chi connectivity index (χ4v) is 15.5. The van der Waals surface area contributed by atoms with Gasteiger partial charge in [-0.3, -0.25) is 0 Å². The zero-order valence-electron chi connectivity index (χ0n) is 15.7. The molecule has 0 saturated carbocycles. The Bertz CT molecular complexity index is 263. The first-order valence-electron chi connectivity index (χ1n) is 8.51. The highest BCUT2D eigenvalue weighted by Gasteiger charge is 2.58. The zero-order valence-corrected chi connectivity index (χ0v) is 17.7. The Labute approximate surface area is 135 Å². The summed E-state index contributed by atoms with van der Waals surface area (Å²) >= 11 is 0. The molecule has 0 aromatic carbocycles. The molecule has 0 bridgehead atoms. The minimum absolute atomic E-state index is 0.264. The van der Waals surface area contributed by atoms with Gasteiger partial charge in [0.15, 0.2) is 16.6 Å². The number of hydrogen-bond donors (Lipinski definition) is 0. The van der Waals surface area contributed by atoms with E-state index in [2.05, 4.69) is 47.0 Å². The molecule has 0 N–H and O–H groups in total. The molecule has 0 spiro atoms. The first-order valence-corrected chi connectivity index (χ1v) is 14.3. The molecular formula is C16H38O3Si2. The van der Waals surface area contributed by atoms with E-state index in [1.807, 2.05) is 0 Å². The summed E-state index contributed by atoms with van der Waals surface area (Å²) in [4.78, 5) is 0. The lowest BCUT2D eigenvalue weighted by atomic mass is 10.1. The SMILES string of the molecule is CCO[Si](C)(C)C(CC)(CCCCOC)[Si](C)(C)OCC. The van der Waals surface area contributed by atoms with E-state index in [-0.39, 0.29) is 4.66 Å². The molecule has 0 aromatic rings. The van der Waals surface area contributed by atoms with Crippen LogP contribution in [0.2, 0.25) is 30.8 Å². The normalized spacial score (nSPS) is 13.7. The summed E-state index contributed by atoms with van der Waals surface area (Å²) in [7, 11) is -1.86. The molecule has 0 aromatic heterocycles. The van der Waals surface area contributed by atoms with Crippen molar-refractivity contribution in [3.63, 3.8) is 0 Å². The Hall–Kier alpha value is 0.314. The Morgan fingerprint density at radius 3 is 1.62 bits per heavy atom. The van der Waals surface area contributed by atoms with E-state index in [1.54, 1.807) is 7.11 Å². The van der Waals surface area contributed by atoms with Crippen molar-refractivity contribution in [2.24, 2.45) is 0 Å². The molecule has 0 unspecified atom stereocenters. The van der Waals surface area contributed by atoms with Gasteiger partial charge in [0.1, 0.15) is 0 Å². The lowest BCUT2D eigenvalue weighted by molar-refractivity contribution is 0.189. The van der Waals surface area contributed by atoms with Crippen molar-refractivity contribution in [2.75, 3.05) is 26.9 Å². The molecule has 128 valence electrons. The van der Waals surface area contributed by atoms with Crippen LogP contribution in [0.5, 0.6) is 0 Å². The summed E-state index contributed by atoms with van der Waals surface area (Å²) in [5.41, 5.74) is 0. The second kappa shape index (κ2) is 9.45. The minimum Gasteiger partial charge on any atom is -0.417 e. The van der Waals surface area contributed by atoms with Crippen molar-refractivity contribution in [2.45, 2.75) is 77.3 Å². The molecule has 0 rings (SSSR count). The van der Waals surface area contributed by atoms with Crippen LogP contribution in [0.3, 0.4) is 0 Å². The van der Waals surface area contributed by atoms with Gasteiger partial charge in [-0.15, -0.1) is 0 Å². The monoisotopic (exact) mass is 334 g/mol. The second-order valence-electron chi connectivity index (χ2n) is 6.77. The van der Waals surface area contributed by atoms with Gasteiger partial charge in [0.25, 0.3) is 0 Å². The Morgan fingerprint density at radius 1 is 0.810 bits per heavy atom. The molecule has 0 fully saturated rings. The lowest BCUT2D eigenvalue weighted by Gasteiger charge is -2.52. The molecule has 0 amide bonds. The number of rotatable bonds is 12. The van der Waals surface area contributed by atoms with Crippen molar-refractivity contribution in [3.8, 4) is 0 Å². The summed E-state index contributed by atoms with van der Waals surface area (Å²) in [6.45, 7) is 18.6. The fraction of sp³-hybridized carbons (Fsp3) is 1.00. The maximum absolute atomic E-state index is 6.34. The van der Waals surface area contributed by atoms with Gasteiger partial charge in [0, 0.05) is 31.6 Å². The molecule has 0 atom stereocenters. The number of unbranched alkanes of at least 4 members (excludes halogenated alkanes) is 1. The molecule has 21 heavy (non-hydrogen) atoms. The predicted octanol–water partition coefficient (Wildman–Crippen LogP) is 4.98. The first kappa shape index (κ1) is 21.3. The van der Waals surface area contributed by atoms with E-state index in [0.29, 0.717) is 0 Å². The van der Waals surface area contributed by atoms with Gasteiger partial charge in [0.2, 0.25) is 0 Å². The van der Waals surface area contributed by atoms with Gasteiger partial charge in [-0.2, -0.15) is 0 Å². The second-order valence-corrected chi connectivity index (χ2v) is 15.8. The molecular weight excluding hydrogens is 296 g/mol. The average Bonchev–Trinajstić information content (AvgIpc) is 2.38. The Morgan fingerprint density at radius 2 is 1.29 bits per heavy atom. The maximum atomic E-state index is 6.34. The Balaban J connectivity index is 5.37. The summed E-state index contributed by atoms with van der Waals surface area (Å²) in [6, 6.07) is 0. The van der Waals surface area contributed by atoms with Crippen LogP contribution < -0.4 is 0 Å². The maximum Gasteiger partial charge on any atom is 0.192 e. The van der Waals surface area contributed by atoms with Gasteiger partial charge in [-0.25, -0.2) is 0 Å². The first-order chi connectivity index (χ1) is 9.74.